The fourth-order valence-corrected chi connectivity index (χ4v) is 3.40. The highest BCUT2D eigenvalue weighted by molar-refractivity contribution is 7.52. The summed E-state index contributed by atoms with van der Waals surface area (Å²) in [6.07, 6.45) is 3.29. The summed E-state index contributed by atoms with van der Waals surface area (Å²) in [6, 6.07) is 3.61. The maximum Gasteiger partial charge on any atom is 0.437 e. The number of nitro groups is 1. The number of nitrogens with zero attached hydrogens (tertiary/aromatic N) is 5. The van der Waals surface area contributed by atoms with Crippen LogP contribution in [0.3, 0.4) is 0 Å². The zero-order valence-electron chi connectivity index (χ0n) is 12.2. The van der Waals surface area contributed by atoms with E-state index in [4.69, 9.17) is 9.05 Å². The summed E-state index contributed by atoms with van der Waals surface area (Å²) in [4.78, 5) is 16.4. The molecule has 1 saturated heterocycles. The molecule has 0 unspecified atom stereocenters. The van der Waals surface area contributed by atoms with Gasteiger partial charge in [-0.2, -0.15) is 0 Å². The fourth-order valence-electron chi connectivity index (χ4n) is 2.13. The van der Waals surface area contributed by atoms with Gasteiger partial charge < -0.3 is 4.90 Å². The highest BCUT2D eigenvalue weighted by Crippen LogP contribution is 2.52. The number of hydrazone groups is 1. The lowest BCUT2D eigenvalue weighted by Gasteiger charge is -2.25. The first kappa shape index (κ1) is 16.3. The normalized spacial score (nSPS) is 17.3. The second-order valence-electron chi connectivity index (χ2n) is 4.38. The number of pyridine rings is 1. The molecule has 0 aromatic carbocycles. The van der Waals surface area contributed by atoms with Gasteiger partial charge in [-0.3, -0.25) is 14.0 Å². The van der Waals surface area contributed by atoms with Crippen molar-refractivity contribution in [1.29, 1.82) is 0 Å². The van der Waals surface area contributed by atoms with E-state index in [2.05, 4.69) is 10.1 Å². The van der Waals surface area contributed by atoms with Crippen molar-refractivity contribution in [3.8, 4) is 0 Å². The zero-order valence-corrected chi connectivity index (χ0v) is 13.0. The second kappa shape index (κ2) is 6.82. The highest BCUT2D eigenvalue weighted by atomic mass is 31.2. The van der Waals surface area contributed by atoms with Gasteiger partial charge in [0, 0.05) is 46.2 Å². The minimum Gasteiger partial charge on any atom is -0.331 e. The molecule has 120 valence electrons. The van der Waals surface area contributed by atoms with Crippen LogP contribution < -0.4 is 0 Å². The number of aromatic nitrogens is 1. The molecule has 0 amide bonds. The van der Waals surface area contributed by atoms with Crippen LogP contribution in [-0.2, 0) is 20.2 Å². The molecule has 1 fully saturated rings. The largest absolute Gasteiger partial charge is 0.437 e. The highest BCUT2D eigenvalue weighted by Gasteiger charge is 2.42. The zero-order chi connectivity index (χ0) is 16.2. The molecule has 2 rings (SSSR count). The van der Waals surface area contributed by atoms with Crippen LogP contribution in [0.1, 0.15) is 5.56 Å². The summed E-state index contributed by atoms with van der Waals surface area (Å²) in [5, 5.41) is 13.3. The molecule has 22 heavy (non-hydrogen) atoms. The van der Waals surface area contributed by atoms with E-state index in [-0.39, 0.29) is 12.5 Å². The maximum absolute atomic E-state index is 12.5. The molecule has 0 N–H and O–H groups in total. The Labute approximate surface area is 127 Å². The lowest BCUT2D eigenvalue weighted by Crippen LogP contribution is -2.33. The van der Waals surface area contributed by atoms with E-state index in [0.29, 0.717) is 13.1 Å². The van der Waals surface area contributed by atoms with Gasteiger partial charge in [0.05, 0.1) is 0 Å². The van der Waals surface area contributed by atoms with Crippen LogP contribution in [-0.4, -0.2) is 52.9 Å². The average Bonchev–Trinajstić information content (AvgIpc) is 2.90. The third kappa shape index (κ3) is 3.41. The van der Waals surface area contributed by atoms with Crippen molar-refractivity contribution in [2.45, 2.75) is 6.54 Å². The molecule has 1 aromatic heterocycles. The minimum absolute atomic E-state index is 0.0547. The van der Waals surface area contributed by atoms with Crippen molar-refractivity contribution in [3.63, 3.8) is 0 Å². The summed E-state index contributed by atoms with van der Waals surface area (Å²) >= 11 is 0. The van der Waals surface area contributed by atoms with Crippen LogP contribution in [0, 0.1) is 10.1 Å². The number of hydrogen-bond donors (Lipinski definition) is 0. The van der Waals surface area contributed by atoms with Gasteiger partial charge in [0.2, 0.25) is 0 Å². The van der Waals surface area contributed by atoms with E-state index in [1.54, 1.807) is 23.4 Å². The van der Waals surface area contributed by atoms with Gasteiger partial charge in [-0.15, -0.1) is 0 Å². The van der Waals surface area contributed by atoms with Gasteiger partial charge in [-0.1, -0.05) is 6.07 Å². The quantitative estimate of drug-likeness (QED) is 0.434. The average molecular weight is 329 g/mol. The molecule has 10 nitrogen and oxygen atoms in total. The molecular formula is C11H16N5O5P. The lowest BCUT2D eigenvalue weighted by molar-refractivity contribution is -0.486. The summed E-state index contributed by atoms with van der Waals surface area (Å²) in [6.45, 7) is 0.995. The van der Waals surface area contributed by atoms with Gasteiger partial charge in [-0.25, -0.2) is 19.3 Å². The summed E-state index contributed by atoms with van der Waals surface area (Å²) in [5.74, 6) is -0.0547. The van der Waals surface area contributed by atoms with Crippen molar-refractivity contribution < 1.29 is 18.6 Å². The van der Waals surface area contributed by atoms with Crippen molar-refractivity contribution >= 4 is 13.7 Å². The van der Waals surface area contributed by atoms with Crippen molar-refractivity contribution in [2.75, 3.05) is 27.3 Å². The molecule has 2 heterocycles. The van der Waals surface area contributed by atoms with Crippen molar-refractivity contribution in [2.24, 2.45) is 5.10 Å². The molecule has 0 atom stereocenters. The van der Waals surface area contributed by atoms with Gasteiger partial charge in [0.15, 0.2) is 5.03 Å². The first-order chi connectivity index (χ1) is 10.5. The molecule has 0 bridgehead atoms. The van der Waals surface area contributed by atoms with Gasteiger partial charge in [-0.05, 0) is 11.6 Å². The number of hydrogen-bond acceptors (Lipinski definition) is 6. The van der Waals surface area contributed by atoms with Crippen molar-refractivity contribution in [3.05, 3.63) is 40.2 Å². The van der Waals surface area contributed by atoms with Crippen LogP contribution in [0.2, 0.25) is 0 Å². The van der Waals surface area contributed by atoms with Gasteiger partial charge >= 0.3 is 7.75 Å². The Hall–Kier alpha value is -2.03. The third-order valence-electron chi connectivity index (χ3n) is 3.12. The number of rotatable bonds is 6. The van der Waals surface area contributed by atoms with Crippen molar-refractivity contribution in [1.82, 2.24) is 14.6 Å². The van der Waals surface area contributed by atoms with Crippen LogP contribution in [0.25, 0.3) is 0 Å². The standard InChI is InChI=1S/C11H16N5O5P/c1-20-22(19,21-2)15-7-6-14(11(15)13-16(17)18)9-10-4-3-5-12-8-10/h3-5,8H,6-7,9H2,1-2H3. The maximum atomic E-state index is 12.5. The predicted molar refractivity (Wildman–Crippen MR) is 77.4 cm³/mol. The smallest absolute Gasteiger partial charge is 0.331 e. The molecule has 0 saturated carbocycles. The first-order valence-electron chi connectivity index (χ1n) is 6.36. The Bertz CT molecular complexity index is 602. The Kier molecular flexibility index (Phi) is 5.07. The van der Waals surface area contributed by atoms with E-state index < -0.39 is 12.8 Å². The molecule has 0 aliphatic carbocycles. The number of guanidine groups is 1. The lowest BCUT2D eigenvalue weighted by atomic mass is 10.3. The van der Waals surface area contributed by atoms with E-state index in [1.807, 2.05) is 6.07 Å². The third-order valence-corrected chi connectivity index (χ3v) is 5.01. The molecule has 11 heteroatoms. The second-order valence-corrected chi connectivity index (χ2v) is 6.53. The Morgan fingerprint density at radius 3 is 2.73 bits per heavy atom. The molecule has 0 spiro atoms. The Morgan fingerprint density at radius 2 is 2.18 bits per heavy atom. The van der Waals surface area contributed by atoms with Crippen LogP contribution in [0.4, 0.5) is 0 Å². The molecule has 1 aliphatic rings. The summed E-state index contributed by atoms with van der Waals surface area (Å²) < 4.78 is 23.5. The van der Waals surface area contributed by atoms with Crippen LogP contribution in [0.15, 0.2) is 29.6 Å². The fraction of sp³-hybridized carbons (Fsp3) is 0.455. The molecular weight excluding hydrogens is 313 g/mol. The SMILES string of the molecule is COP(=O)(OC)N1CCN(Cc2cccnc2)C1=N[N+](=O)[O-]. The van der Waals surface area contributed by atoms with Crippen LogP contribution in [0.5, 0.6) is 0 Å². The van der Waals surface area contributed by atoms with Gasteiger partial charge in [0.25, 0.3) is 5.96 Å². The van der Waals surface area contributed by atoms with Gasteiger partial charge in [0.1, 0.15) is 5.10 Å². The monoisotopic (exact) mass is 329 g/mol. The topological polar surface area (TPSA) is 110 Å². The molecule has 1 aromatic rings. The summed E-state index contributed by atoms with van der Waals surface area (Å²) in [5.41, 5.74) is 0.852. The molecule has 1 aliphatic heterocycles. The summed E-state index contributed by atoms with van der Waals surface area (Å²) in [7, 11) is -1.20. The Balaban J connectivity index is 2.29. The van der Waals surface area contributed by atoms with Crippen LogP contribution >= 0.6 is 7.75 Å². The van der Waals surface area contributed by atoms with E-state index in [0.717, 1.165) is 5.56 Å². The predicted octanol–water partition coefficient (Wildman–Crippen LogP) is 1.15. The Morgan fingerprint density at radius 1 is 1.45 bits per heavy atom. The van der Waals surface area contributed by atoms with E-state index >= 15 is 0 Å². The minimum atomic E-state index is -3.64. The van der Waals surface area contributed by atoms with E-state index in [1.165, 1.54) is 18.9 Å². The van der Waals surface area contributed by atoms with E-state index in [9.17, 15) is 14.7 Å². The molecule has 0 radical (unpaired) electrons. The first-order valence-corrected chi connectivity index (χ1v) is 7.86.